The Morgan fingerprint density at radius 2 is 2.00 bits per heavy atom. The average molecular weight is 249 g/mol. The van der Waals surface area contributed by atoms with E-state index in [9.17, 15) is 8.42 Å². The van der Waals surface area contributed by atoms with Crippen molar-refractivity contribution in [1.82, 2.24) is 0 Å². The van der Waals surface area contributed by atoms with Crippen LogP contribution in [0.5, 0.6) is 5.75 Å². The molecule has 0 fully saturated rings. The summed E-state index contributed by atoms with van der Waals surface area (Å²) in [4.78, 5) is 0. The van der Waals surface area contributed by atoms with Crippen molar-refractivity contribution in [3.63, 3.8) is 0 Å². The van der Waals surface area contributed by atoms with E-state index in [1.165, 1.54) is 12.1 Å². The lowest BCUT2D eigenvalue weighted by Crippen LogP contribution is -2.15. The summed E-state index contributed by atoms with van der Waals surface area (Å²) < 4.78 is 23.2. The molecule has 0 bridgehead atoms. The van der Waals surface area contributed by atoms with E-state index in [2.05, 4.69) is 0 Å². The van der Waals surface area contributed by atoms with Crippen molar-refractivity contribution in [2.75, 3.05) is 0 Å². The van der Waals surface area contributed by atoms with Crippen molar-refractivity contribution in [1.29, 1.82) is 0 Å². The SMILES string of the molecule is CC(C)S(=O)(=O)Cc1ccc(O)c(Cl)c1. The highest BCUT2D eigenvalue weighted by Crippen LogP contribution is 2.25. The number of hydrogen-bond acceptors (Lipinski definition) is 3. The van der Waals surface area contributed by atoms with Crippen LogP contribution in [0.3, 0.4) is 0 Å². The molecule has 0 spiro atoms. The smallest absolute Gasteiger partial charge is 0.156 e. The molecule has 1 rings (SSSR count). The van der Waals surface area contributed by atoms with Crippen LogP contribution in [0.4, 0.5) is 0 Å². The lowest BCUT2D eigenvalue weighted by molar-refractivity contribution is 0.475. The zero-order chi connectivity index (χ0) is 11.6. The lowest BCUT2D eigenvalue weighted by Gasteiger charge is -2.08. The molecule has 0 amide bonds. The third kappa shape index (κ3) is 3.11. The van der Waals surface area contributed by atoms with Crippen LogP contribution in [0, 0.1) is 0 Å². The summed E-state index contributed by atoms with van der Waals surface area (Å²) in [6.07, 6.45) is 0. The Morgan fingerprint density at radius 1 is 1.40 bits per heavy atom. The number of sulfone groups is 1. The molecule has 0 unspecified atom stereocenters. The molecule has 84 valence electrons. The number of rotatable bonds is 3. The molecule has 0 aliphatic heterocycles. The van der Waals surface area contributed by atoms with Gasteiger partial charge in [-0.15, -0.1) is 0 Å². The Hall–Kier alpha value is -0.740. The minimum absolute atomic E-state index is 0.0395. The van der Waals surface area contributed by atoms with Crippen molar-refractivity contribution in [3.8, 4) is 5.75 Å². The average Bonchev–Trinajstić information content (AvgIpc) is 2.10. The van der Waals surface area contributed by atoms with Crippen LogP contribution in [-0.4, -0.2) is 18.8 Å². The third-order valence-corrected chi connectivity index (χ3v) is 4.57. The van der Waals surface area contributed by atoms with Crippen molar-refractivity contribution in [2.24, 2.45) is 0 Å². The second kappa shape index (κ2) is 4.41. The minimum atomic E-state index is -3.12. The highest BCUT2D eigenvalue weighted by atomic mass is 35.5. The van der Waals surface area contributed by atoms with E-state index < -0.39 is 15.1 Å². The monoisotopic (exact) mass is 248 g/mol. The Bertz CT molecular complexity index is 452. The van der Waals surface area contributed by atoms with Gasteiger partial charge in [-0.05, 0) is 31.5 Å². The highest BCUT2D eigenvalue weighted by Gasteiger charge is 2.17. The zero-order valence-corrected chi connectivity index (χ0v) is 10.1. The second-order valence-electron chi connectivity index (χ2n) is 3.64. The highest BCUT2D eigenvalue weighted by molar-refractivity contribution is 7.91. The maximum atomic E-state index is 11.6. The molecule has 0 aliphatic rings. The molecular weight excluding hydrogens is 236 g/mol. The van der Waals surface area contributed by atoms with E-state index in [4.69, 9.17) is 16.7 Å². The van der Waals surface area contributed by atoms with Gasteiger partial charge in [0.05, 0.1) is 16.0 Å². The van der Waals surface area contributed by atoms with Gasteiger partial charge in [-0.2, -0.15) is 0 Å². The van der Waals surface area contributed by atoms with E-state index in [0.29, 0.717) is 5.56 Å². The van der Waals surface area contributed by atoms with Gasteiger partial charge in [0.1, 0.15) is 5.75 Å². The predicted octanol–water partition coefficient (Wildman–Crippen LogP) is 2.37. The first-order valence-electron chi connectivity index (χ1n) is 4.52. The van der Waals surface area contributed by atoms with Crippen molar-refractivity contribution >= 4 is 21.4 Å². The zero-order valence-electron chi connectivity index (χ0n) is 8.57. The maximum Gasteiger partial charge on any atom is 0.156 e. The second-order valence-corrected chi connectivity index (χ2v) is 6.61. The van der Waals surface area contributed by atoms with E-state index in [0.717, 1.165) is 0 Å². The molecule has 15 heavy (non-hydrogen) atoms. The largest absolute Gasteiger partial charge is 0.506 e. The number of hydrogen-bond donors (Lipinski definition) is 1. The quantitative estimate of drug-likeness (QED) is 0.894. The van der Waals surface area contributed by atoms with Gasteiger partial charge in [-0.1, -0.05) is 17.7 Å². The lowest BCUT2D eigenvalue weighted by atomic mass is 10.2. The van der Waals surface area contributed by atoms with Gasteiger partial charge in [0.25, 0.3) is 0 Å². The van der Waals surface area contributed by atoms with Crippen LogP contribution in [-0.2, 0) is 15.6 Å². The molecule has 0 aliphatic carbocycles. The number of benzene rings is 1. The summed E-state index contributed by atoms with van der Waals surface area (Å²) >= 11 is 5.68. The van der Waals surface area contributed by atoms with Crippen LogP contribution in [0.1, 0.15) is 19.4 Å². The van der Waals surface area contributed by atoms with Gasteiger partial charge < -0.3 is 5.11 Å². The molecule has 1 aromatic rings. The molecular formula is C10H13ClO3S. The molecule has 1 aromatic carbocycles. The first-order chi connectivity index (χ1) is 6.83. The number of phenolic OH excluding ortho intramolecular Hbond substituents is 1. The molecule has 0 saturated heterocycles. The van der Waals surface area contributed by atoms with Crippen molar-refractivity contribution < 1.29 is 13.5 Å². The summed E-state index contributed by atoms with van der Waals surface area (Å²) in [5.41, 5.74) is 0.589. The van der Waals surface area contributed by atoms with E-state index >= 15 is 0 Å². The molecule has 0 aromatic heterocycles. The maximum absolute atomic E-state index is 11.6. The number of aromatic hydroxyl groups is 1. The molecule has 0 saturated carbocycles. The summed E-state index contributed by atoms with van der Waals surface area (Å²) in [6, 6.07) is 4.42. The summed E-state index contributed by atoms with van der Waals surface area (Å²) in [5.74, 6) is -0.0904. The van der Waals surface area contributed by atoms with E-state index in [1.807, 2.05) is 0 Å². The molecule has 0 heterocycles. The van der Waals surface area contributed by atoms with Crippen LogP contribution in [0.25, 0.3) is 0 Å². The van der Waals surface area contributed by atoms with Gasteiger partial charge in [-0.25, -0.2) is 8.42 Å². The van der Waals surface area contributed by atoms with Gasteiger partial charge in [-0.3, -0.25) is 0 Å². The Labute approximate surface area is 94.6 Å². The molecule has 3 nitrogen and oxygen atoms in total. The van der Waals surface area contributed by atoms with Crippen molar-refractivity contribution in [3.05, 3.63) is 28.8 Å². The summed E-state index contributed by atoms with van der Waals surface area (Å²) in [5, 5.41) is 8.93. The van der Waals surface area contributed by atoms with Crippen LogP contribution in [0.15, 0.2) is 18.2 Å². The first-order valence-corrected chi connectivity index (χ1v) is 6.61. The van der Waals surface area contributed by atoms with Crippen LogP contribution >= 0.6 is 11.6 Å². The Morgan fingerprint density at radius 3 is 2.47 bits per heavy atom. The fraction of sp³-hybridized carbons (Fsp3) is 0.400. The van der Waals surface area contributed by atoms with Crippen molar-refractivity contribution in [2.45, 2.75) is 24.9 Å². The van der Waals surface area contributed by atoms with Crippen LogP contribution < -0.4 is 0 Å². The fourth-order valence-corrected chi connectivity index (χ4v) is 2.22. The number of halogens is 1. The van der Waals surface area contributed by atoms with Gasteiger partial charge in [0, 0.05) is 0 Å². The third-order valence-electron chi connectivity index (χ3n) is 2.10. The van der Waals surface area contributed by atoms with Gasteiger partial charge in [0.15, 0.2) is 9.84 Å². The fourth-order valence-electron chi connectivity index (χ4n) is 1.04. The molecule has 1 N–H and O–H groups in total. The molecule has 0 radical (unpaired) electrons. The minimum Gasteiger partial charge on any atom is -0.506 e. The van der Waals surface area contributed by atoms with Crippen LogP contribution in [0.2, 0.25) is 5.02 Å². The standard InChI is InChI=1S/C10H13ClO3S/c1-7(2)15(13,14)6-8-3-4-10(12)9(11)5-8/h3-5,7,12H,6H2,1-2H3. The number of phenols is 1. The van der Waals surface area contributed by atoms with E-state index in [1.54, 1.807) is 19.9 Å². The van der Waals surface area contributed by atoms with Gasteiger partial charge in [0.2, 0.25) is 0 Å². The molecule has 5 heteroatoms. The predicted molar refractivity (Wildman–Crippen MR) is 60.9 cm³/mol. The Kier molecular flexibility index (Phi) is 3.62. The normalized spacial score (nSPS) is 12.0. The first kappa shape index (κ1) is 12.3. The van der Waals surface area contributed by atoms with Gasteiger partial charge >= 0.3 is 0 Å². The Balaban J connectivity index is 2.96. The van der Waals surface area contributed by atoms with E-state index in [-0.39, 0.29) is 16.5 Å². The summed E-state index contributed by atoms with van der Waals surface area (Å²) in [7, 11) is -3.12. The molecule has 0 atom stereocenters. The topological polar surface area (TPSA) is 54.4 Å². The summed E-state index contributed by atoms with van der Waals surface area (Å²) in [6.45, 7) is 3.27.